The van der Waals surface area contributed by atoms with E-state index in [1.165, 1.54) is 16.9 Å². The zero-order chi connectivity index (χ0) is 21.5. The summed E-state index contributed by atoms with van der Waals surface area (Å²) in [6.45, 7) is 6.17. The number of para-hydroxylation sites is 2. The maximum atomic E-state index is 12.5. The minimum Gasteiger partial charge on any atom is -0.387 e. The van der Waals surface area contributed by atoms with Gasteiger partial charge in [-0.1, -0.05) is 31.2 Å². The molecule has 2 aliphatic heterocycles. The van der Waals surface area contributed by atoms with E-state index < -0.39 is 6.10 Å². The van der Waals surface area contributed by atoms with Crippen molar-refractivity contribution in [2.24, 2.45) is 0 Å². The average molecular weight is 438 g/mol. The minimum absolute atomic E-state index is 0.0195. The lowest BCUT2D eigenvalue weighted by atomic mass is 9.95. The number of H-pyrrole nitrogens is 1. The molecule has 3 heterocycles. The smallest absolute Gasteiger partial charge is 0.326 e. The number of nitrogens with one attached hydrogen (secondary N) is 1. The maximum Gasteiger partial charge on any atom is 0.326 e. The normalized spacial score (nSPS) is 22.4. The molecule has 1 aromatic heterocycles. The van der Waals surface area contributed by atoms with Gasteiger partial charge in [-0.15, -0.1) is 11.8 Å². The Labute approximate surface area is 187 Å². The molecule has 3 atom stereocenters. The molecule has 5 nitrogen and oxygen atoms in total. The third-order valence-corrected chi connectivity index (χ3v) is 8.39. The monoisotopic (exact) mass is 437 g/mol. The summed E-state index contributed by atoms with van der Waals surface area (Å²) in [5.41, 5.74) is 4.27. The molecule has 0 radical (unpaired) electrons. The van der Waals surface area contributed by atoms with Crippen LogP contribution in [0, 0.1) is 0 Å². The fourth-order valence-electron chi connectivity index (χ4n) is 5.19. The van der Waals surface area contributed by atoms with Gasteiger partial charge in [0.15, 0.2) is 0 Å². The molecule has 0 aliphatic carbocycles. The van der Waals surface area contributed by atoms with Crippen molar-refractivity contribution in [1.29, 1.82) is 0 Å². The largest absolute Gasteiger partial charge is 0.387 e. The van der Waals surface area contributed by atoms with Crippen LogP contribution in [-0.2, 0) is 6.42 Å². The van der Waals surface area contributed by atoms with Crippen molar-refractivity contribution < 1.29 is 5.11 Å². The fourth-order valence-corrected chi connectivity index (χ4v) is 6.32. The summed E-state index contributed by atoms with van der Waals surface area (Å²) in [7, 11) is 0. The van der Waals surface area contributed by atoms with Crippen molar-refractivity contribution >= 4 is 22.8 Å². The zero-order valence-corrected chi connectivity index (χ0v) is 19.1. The van der Waals surface area contributed by atoms with Crippen LogP contribution in [0.15, 0.2) is 52.2 Å². The number of rotatable bonds is 4. The molecule has 1 saturated heterocycles. The molecule has 3 unspecified atom stereocenters. The van der Waals surface area contributed by atoms with E-state index in [0.29, 0.717) is 5.25 Å². The quantitative estimate of drug-likeness (QED) is 0.630. The van der Waals surface area contributed by atoms with Gasteiger partial charge in [-0.2, -0.15) is 0 Å². The molecule has 0 saturated carbocycles. The van der Waals surface area contributed by atoms with Crippen LogP contribution in [0.3, 0.4) is 0 Å². The summed E-state index contributed by atoms with van der Waals surface area (Å²) < 4.78 is 1.93. The predicted molar refractivity (Wildman–Crippen MR) is 127 cm³/mol. The van der Waals surface area contributed by atoms with Gasteiger partial charge in [-0.3, -0.25) is 9.47 Å². The van der Waals surface area contributed by atoms with E-state index in [2.05, 4.69) is 41.9 Å². The lowest BCUT2D eigenvalue weighted by molar-refractivity contribution is 0.0385. The number of hydrogen-bond donors (Lipinski definition) is 2. The second-order valence-electron chi connectivity index (χ2n) is 9.10. The Hall–Kier alpha value is -2.02. The highest BCUT2D eigenvalue weighted by atomic mass is 32.2. The lowest BCUT2D eigenvalue weighted by Crippen LogP contribution is -2.44. The molecule has 164 valence electrons. The number of aliphatic hydroxyl groups is 1. The molecule has 6 heteroatoms. The van der Waals surface area contributed by atoms with E-state index in [9.17, 15) is 9.90 Å². The van der Waals surface area contributed by atoms with Crippen molar-refractivity contribution in [3.05, 3.63) is 64.1 Å². The first-order valence-corrected chi connectivity index (χ1v) is 12.3. The second kappa shape index (κ2) is 8.49. The first kappa shape index (κ1) is 20.9. The van der Waals surface area contributed by atoms with Crippen LogP contribution < -0.4 is 5.69 Å². The van der Waals surface area contributed by atoms with Crippen molar-refractivity contribution in [3.63, 3.8) is 0 Å². The van der Waals surface area contributed by atoms with Crippen LogP contribution in [0.5, 0.6) is 0 Å². The number of hydrogen-bond acceptors (Lipinski definition) is 4. The van der Waals surface area contributed by atoms with Gasteiger partial charge in [0.05, 0.1) is 17.1 Å². The summed E-state index contributed by atoms with van der Waals surface area (Å²) in [6.07, 6.45) is 3.63. The second-order valence-corrected chi connectivity index (χ2v) is 10.6. The number of aromatic amines is 1. The number of thioether (sulfide) groups is 1. The van der Waals surface area contributed by atoms with E-state index in [4.69, 9.17) is 0 Å². The van der Waals surface area contributed by atoms with E-state index in [0.717, 1.165) is 48.9 Å². The van der Waals surface area contributed by atoms with Crippen LogP contribution in [0.2, 0.25) is 0 Å². The Morgan fingerprint density at radius 2 is 1.90 bits per heavy atom. The third-order valence-electron chi connectivity index (χ3n) is 7.10. The van der Waals surface area contributed by atoms with Gasteiger partial charge in [0.1, 0.15) is 0 Å². The SMILES string of the molecule is CC1CCc2cc(C(O)C(C)N3CCC(n4c(=O)[nH]c5ccccc54)CC3)ccc2S1. The number of aliphatic hydroxyl groups excluding tert-OH is 1. The van der Waals surface area contributed by atoms with Gasteiger partial charge in [-0.05, 0) is 61.9 Å². The van der Waals surface area contributed by atoms with Gasteiger partial charge in [-0.25, -0.2) is 4.79 Å². The summed E-state index contributed by atoms with van der Waals surface area (Å²) in [6, 6.07) is 14.7. The number of aryl methyl sites for hydroxylation is 1. The lowest BCUT2D eigenvalue weighted by Gasteiger charge is -2.38. The van der Waals surface area contributed by atoms with E-state index >= 15 is 0 Å². The Balaban J connectivity index is 1.27. The molecule has 31 heavy (non-hydrogen) atoms. The Kier molecular flexibility index (Phi) is 5.71. The first-order chi connectivity index (χ1) is 15.0. The van der Waals surface area contributed by atoms with Gasteiger partial charge in [0.25, 0.3) is 0 Å². The molecule has 3 aromatic rings. The van der Waals surface area contributed by atoms with Crippen molar-refractivity contribution in [2.75, 3.05) is 13.1 Å². The molecule has 1 fully saturated rings. The number of aromatic nitrogens is 2. The summed E-state index contributed by atoms with van der Waals surface area (Å²) in [5, 5.41) is 11.8. The minimum atomic E-state index is -0.498. The number of nitrogens with zero attached hydrogens (tertiary/aromatic N) is 2. The van der Waals surface area contributed by atoms with Crippen molar-refractivity contribution in [3.8, 4) is 0 Å². The molecular formula is C25H31N3O2S. The van der Waals surface area contributed by atoms with Gasteiger partial charge in [0.2, 0.25) is 0 Å². The Bertz CT molecular complexity index is 1130. The average Bonchev–Trinajstić information content (AvgIpc) is 3.13. The topological polar surface area (TPSA) is 61.3 Å². The molecule has 0 amide bonds. The Morgan fingerprint density at radius 1 is 1.13 bits per heavy atom. The zero-order valence-electron chi connectivity index (χ0n) is 18.3. The molecule has 0 spiro atoms. The van der Waals surface area contributed by atoms with E-state index in [1.807, 2.05) is 40.6 Å². The van der Waals surface area contributed by atoms with Gasteiger partial charge >= 0.3 is 5.69 Å². The molecule has 2 N–H and O–H groups in total. The van der Waals surface area contributed by atoms with E-state index in [1.54, 1.807) is 0 Å². The maximum absolute atomic E-state index is 12.5. The highest BCUT2D eigenvalue weighted by Crippen LogP contribution is 2.37. The van der Waals surface area contributed by atoms with Gasteiger partial charge < -0.3 is 10.1 Å². The molecular weight excluding hydrogens is 406 g/mol. The van der Waals surface area contributed by atoms with Crippen LogP contribution in [0.1, 0.15) is 56.4 Å². The van der Waals surface area contributed by atoms with Crippen LogP contribution in [0.25, 0.3) is 11.0 Å². The van der Waals surface area contributed by atoms with Crippen LogP contribution >= 0.6 is 11.8 Å². The molecule has 5 rings (SSSR count). The fraction of sp³-hybridized carbons (Fsp3) is 0.480. The van der Waals surface area contributed by atoms with Crippen molar-refractivity contribution in [1.82, 2.24) is 14.5 Å². The Morgan fingerprint density at radius 3 is 2.71 bits per heavy atom. The van der Waals surface area contributed by atoms with Crippen molar-refractivity contribution in [2.45, 2.75) is 67.9 Å². The summed E-state index contributed by atoms with van der Waals surface area (Å²) >= 11 is 1.95. The predicted octanol–water partition coefficient (Wildman–Crippen LogP) is 4.52. The molecule has 2 aromatic carbocycles. The standard InChI is InChI=1S/C25H31N3O2S/c1-16-7-8-18-15-19(9-10-23(18)31-16)24(29)17(2)27-13-11-20(12-14-27)28-22-6-4-3-5-21(22)26-25(28)30/h3-6,9-10,15-17,20,24,29H,7-8,11-14H2,1-2H3,(H,26,30). The number of piperidine rings is 1. The number of benzene rings is 2. The van der Waals surface area contributed by atoms with Crippen LogP contribution in [0.4, 0.5) is 0 Å². The number of fused-ring (bicyclic) bond motifs is 2. The number of imidazole rings is 1. The summed E-state index contributed by atoms with van der Waals surface area (Å²) in [4.78, 5) is 19.3. The van der Waals surface area contributed by atoms with Crippen LogP contribution in [-0.4, -0.2) is 43.9 Å². The van der Waals surface area contributed by atoms with E-state index in [-0.39, 0.29) is 17.8 Å². The first-order valence-electron chi connectivity index (χ1n) is 11.4. The highest BCUT2D eigenvalue weighted by Gasteiger charge is 2.30. The molecule has 0 bridgehead atoms. The highest BCUT2D eigenvalue weighted by molar-refractivity contribution is 8.00. The van der Waals surface area contributed by atoms with Gasteiger partial charge in [0, 0.05) is 35.3 Å². The third kappa shape index (κ3) is 3.97. The molecule has 2 aliphatic rings. The summed E-state index contributed by atoms with van der Waals surface area (Å²) in [5.74, 6) is 0. The number of likely N-dealkylation sites (tertiary alicyclic amines) is 1.